The van der Waals surface area contributed by atoms with Crippen molar-refractivity contribution >= 4 is 44.3 Å². The van der Waals surface area contributed by atoms with Crippen molar-refractivity contribution in [1.82, 2.24) is 0 Å². The van der Waals surface area contributed by atoms with Crippen molar-refractivity contribution in [3.05, 3.63) is 112 Å². The summed E-state index contributed by atoms with van der Waals surface area (Å²) in [5, 5.41) is 11.6. The van der Waals surface area contributed by atoms with Crippen LogP contribution in [0.1, 0.15) is 22.2 Å². The number of furan rings is 1. The topological polar surface area (TPSA) is 70.8 Å². The van der Waals surface area contributed by atoms with E-state index in [1.54, 1.807) is 30.3 Å². The summed E-state index contributed by atoms with van der Waals surface area (Å²) < 4.78 is 6.52. The summed E-state index contributed by atoms with van der Waals surface area (Å²) >= 11 is 3.42. The number of rotatable bonds is 4. The van der Waals surface area contributed by atoms with Gasteiger partial charge in [0, 0.05) is 15.5 Å². The number of nitrogens with zero attached hydrogens (tertiary/aromatic N) is 1. The molecular weight excluding hydrogens is 458 g/mol. The van der Waals surface area contributed by atoms with Gasteiger partial charge in [0.2, 0.25) is 5.78 Å². The van der Waals surface area contributed by atoms with Crippen LogP contribution in [0.15, 0.2) is 105 Å². The zero-order chi connectivity index (χ0) is 21.5. The number of halogens is 1. The third kappa shape index (κ3) is 3.25. The number of hydrogen-bond acceptors (Lipinski definition) is 4. The van der Waals surface area contributed by atoms with Gasteiger partial charge in [-0.3, -0.25) is 14.5 Å². The fourth-order valence-electron chi connectivity index (χ4n) is 3.91. The van der Waals surface area contributed by atoms with Crippen LogP contribution >= 0.6 is 15.9 Å². The molecule has 1 aliphatic heterocycles. The highest BCUT2D eigenvalue weighted by Gasteiger charge is 2.45. The Labute approximate surface area is 186 Å². The summed E-state index contributed by atoms with van der Waals surface area (Å²) in [6, 6.07) is 24.5. The van der Waals surface area contributed by atoms with Gasteiger partial charge in [-0.05, 0) is 35.9 Å². The van der Waals surface area contributed by atoms with Crippen molar-refractivity contribution in [3.8, 4) is 0 Å². The molecule has 3 aromatic carbocycles. The number of ketones is 1. The fraction of sp³-hybridized carbons (Fsp3) is 0.0400. The van der Waals surface area contributed by atoms with Gasteiger partial charge in [-0.2, -0.15) is 0 Å². The van der Waals surface area contributed by atoms with Crippen LogP contribution in [0.25, 0.3) is 11.0 Å². The number of benzene rings is 3. The highest BCUT2D eigenvalue weighted by atomic mass is 79.9. The summed E-state index contributed by atoms with van der Waals surface area (Å²) in [6.45, 7) is 0. The first-order chi connectivity index (χ1) is 15.0. The first kappa shape index (κ1) is 19.3. The Morgan fingerprint density at radius 1 is 0.935 bits per heavy atom. The SMILES string of the molecule is O=C(C1=C(O)C(=O)N(c2cccc(Br)c2)C1c1ccccc1)c1cc2ccccc2o1. The Morgan fingerprint density at radius 3 is 2.42 bits per heavy atom. The lowest BCUT2D eigenvalue weighted by Crippen LogP contribution is -2.31. The van der Waals surface area contributed by atoms with Crippen molar-refractivity contribution in [1.29, 1.82) is 0 Å². The van der Waals surface area contributed by atoms with Gasteiger partial charge in [0.05, 0.1) is 11.6 Å². The summed E-state index contributed by atoms with van der Waals surface area (Å²) in [7, 11) is 0. The number of aliphatic hydroxyl groups is 1. The third-order valence-electron chi connectivity index (χ3n) is 5.30. The van der Waals surface area contributed by atoms with Gasteiger partial charge in [-0.1, -0.05) is 70.5 Å². The number of carbonyl (C=O) groups is 2. The van der Waals surface area contributed by atoms with Crippen LogP contribution in [0.5, 0.6) is 0 Å². The van der Waals surface area contributed by atoms with Crippen molar-refractivity contribution in [2.24, 2.45) is 0 Å². The molecule has 2 heterocycles. The first-order valence-corrected chi connectivity index (χ1v) is 10.4. The summed E-state index contributed by atoms with van der Waals surface area (Å²) in [6.07, 6.45) is 0. The molecular formula is C25H16BrNO4. The maximum Gasteiger partial charge on any atom is 0.294 e. The van der Waals surface area contributed by atoms with Crippen LogP contribution in [-0.2, 0) is 4.79 Å². The highest BCUT2D eigenvalue weighted by molar-refractivity contribution is 9.10. The molecule has 0 saturated heterocycles. The van der Waals surface area contributed by atoms with E-state index in [1.165, 1.54) is 4.90 Å². The number of Topliss-reactive ketones (excluding diaryl/α,β-unsaturated/α-hetero) is 1. The van der Waals surface area contributed by atoms with Crippen molar-refractivity contribution < 1.29 is 19.1 Å². The zero-order valence-corrected chi connectivity index (χ0v) is 17.7. The molecule has 1 atom stereocenters. The third-order valence-corrected chi connectivity index (χ3v) is 5.80. The summed E-state index contributed by atoms with van der Waals surface area (Å²) in [5.41, 5.74) is 1.83. The molecule has 0 fully saturated rings. The number of amides is 1. The van der Waals surface area contributed by atoms with E-state index in [-0.39, 0.29) is 11.3 Å². The van der Waals surface area contributed by atoms with Crippen LogP contribution in [0.3, 0.4) is 0 Å². The Balaban J connectivity index is 1.67. The van der Waals surface area contributed by atoms with Crippen LogP contribution in [-0.4, -0.2) is 16.8 Å². The smallest absolute Gasteiger partial charge is 0.294 e. The van der Waals surface area contributed by atoms with E-state index >= 15 is 0 Å². The lowest BCUT2D eigenvalue weighted by atomic mass is 9.95. The molecule has 0 radical (unpaired) electrons. The van der Waals surface area contributed by atoms with E-state index in [9.17, 15) is 14.7 Å². The molecule has 1 unspecified atom stereocenters. The van der Waals surface area contributed by atoms with E-state index in [0.717, 1.165) is 9.86 Å². The van der Waals surface area contributed by atoms with Gasteiger partial charge < -0.3 is 9.52 Å². The monoisotopic (exact) mass is 473 g/mol. The van der Waals surface area contributed by atoms with Crippen LogP contribution in [0.2, 0.25) is 0 Å². The fourth-order valence-corrected chi connectivity index (χ4v) is 4.29. The second kappa shape index (κ2) is 7.56. The second-order valence-corrected chi connectivity index (χ2v) is 8.12. The molecule has 4 aromatic rings. The zero-order valence-electron chi connectivity index (χ0n) is 16.2. The van der Waals surface area contributed by atoms with Gasteiger partial charge in [0.15, 0.2) is 11.5 Å². The van der Waals surface area contributed by atoms with Crippen molar-refractivity contribution in [2.45, 2.75) is 6.04 Å². The average Bonchev–Trinajstić information content (AvgIpc) is 3.33. The van der Waals surface area contributed by atoms with Gasteiger partial charge in [-0.25, -0.2) is 0 Å². The normalized spacial score (nSPS) is 16.4. The molecule has 1 aromatic heterocycles. The predicted molar refractivity (Wildman–Crippen MR) is 121 cm³/mol. The van der Waals surface area contributed by atoms with Crippen LogP contribution in [0.4, 0.5) is 5.69 Å². The van der Waals surface area contributed by atoms with Crippen LogP contribution < -0.4 is 4.90 Å². The number of carbonyl (C=O) groups excluding carboxylic acids is 2. The largest absolute Gasteiger partial charge is 0.503 e. The highest BCUT2D eigenvalue weighted by Crippen LogP contribution is 2.42. The summed E-state index contributed by atoms with van der Waals surface area (Å²) in [4.78, 5) is 28.1. The molecule has 152 valence electrons. The molecule has 5 rings (SSSR count). The van der Waals surface area contributed by atoms with E-state index in [2.05, 4.69) is 15.9 Å². The lowest BCUT2D eigenvalue weighted by molar-refractivity contribution is -0.117. The number of fused-ring (bicyclic) bond motifs is 1. The van der Waals surface area contributed by atoms with Gasteiger partial charge in [0.1, 0.15) is 5.58 Å². The molecule has 1 amide bonds. The van der Waals surface area contributed by atoms with Crippen LogP contribution in [0, 0.1) is 0 Å². The Hall–Kier alpha value is -3.64. The number of anilines is 1. The average molecular weight is 474 g/mol. The van der Waals surface area contributed by atoms with E-state index in [1.807, 2.05) is 54.6 Å². The minimum absolute atomic E-state index is 0.00442. The van der Waals surface area contributed by atoms with E-state index < -0.39 is 23.5 Å². The van der Waals surface area contributed by atoms with E-state index in [0.29, 0.717) is 16.8 Å². The molecule has 1 aliphatic rings. The van der Waals surface area contributed by atoms with E-state index in [4.69, 9.17) is 4.42 Å². The van der Waals surface area contributed by atoms with Gasteiger partial charge >= 0.3 is 0 Å². The number of aliphatic hydroxyl groups excluding tert-OH is 1. The molecule has 0 saturated carbocycles. The first-order valence-electron chi connectivity index (χ1n) is 9.65. The molecule has 6 heteroatoms. The lowest BCUT2D eigenvalue weighted by Gasteiger charge is -2.27. The Kier molecular flexibility index (Phi) is 4.71. The predicted octanol–water partition coefficient (Wildman–Crippen LogP) is 5.98. The van der Waals surface area contributed by atoms with Crippen molar-refractivity contribution in [2.75, 3.05) is 4.90 Å². The molecule has 5 nitrogen and oxygen atoms in total. The Bertz CT molecular complexity index is 1320. The quantitative estimate of drug-likeness (QED) is 0.370. The molecule has 1 N–H and O–H groups in total. The molecule has 31 heavy (non-hydrogen) atoms. The standard InChI is InChI=1S/C25H16BrNO4/c26-17-10-6-11-18(14-17)27-22(15-7-2-1-3-8-15)21(24(29)25(27)30)23(28)20-13-16-9-4-5-12-19(16)31-20/h1-14,22,29H. The number of para-hydroxylation sites is 1. The molecule has 0 spiro atoms. The Morgan fingerprint density at radius 2 is 1.68 bits per heavy atom. The minimum atomic E-state index is -0.788. The number of hydrogen-bond donors (Lipinski definition) is 1. The minimum Gasteiger partial charge on any atom is -0.503 e. The molecule has 0 bridgehead atoms. The van der Waals surface area contributed by atoms with Gasteiger partial charge in [-0.15, -0.1) is 0 Å². The van der Waals surface area contributed by atoms with Crippen molar-refractivity contribution in [3.63, 3.8) is 0 Å². The molecule has 0 aliphatic carbocycles. The summed E-state index contributed by atoms with van der Waals surface area (Å²) in [5.74, 6) is -1.65. The maximum absolute atomic E-state index is 13.5. The maximum atomic E-state index is 13.5. The van der Waals surface area contributed by atoms with Gasteiger partial charge in [0.25, 0.3) is 5.91 Å². The second-order valence-electron chi connectivity index (χ2n) is 7.21.